The van der Waals surface area contributed by atoms with Crippen LogP contribution in [0.5, 0.6) is 0 Å². The highest BCUT2D eigenvalue weighted by molar-refractivity contribution is 7.89. The van der Waals surface area contributed by atoms with Crippen molar-refractivity contribution in [1.82, 2.24) is 4.31 Å². The van der Waals surface area contributed by atoms with Crippen LogP contribution in [-0.2, 0) is 10.0 Å². The minimum Gasteiger partial charge on any atom is -0.397 e. The van der Waals surface area contributed by atoms with E-state index in [9.17, 15) is 8.42 Å². The summed E-state index contributed by atoms with van der Waals surface area (Å²) >= 11 is 0. The van der Waals surface area contributed by atoms with Crippen LogP contribution in [0.4, 0.5) is 11.4 Å². The Labute approximate surface area is 121 Å². The molecule has 1 saturated carbocycles. The summed E-state index contributed by atoms with van der Waals surface area (Å²) in [6, 6.07) is 4.85. The number of nitrogens with zero attached hydrogens (tertiary/aromatic N) is 1. The number of sulfonamides is 1. The van der Waals surface area contributed by atoms with E-state index in [0.717, 1.165) is 12.2 Å². The van der Waals surface area contributed by atoms with Gasteiger partial charge in [0.2, 0.25) is 10.0 Å². The van der Waals surface area contributed by atoms with Gasteiger partial charge < -0.3 is 11.1 Å². The summed E-state index contributed by atoms with van der Waals surface area (Å²) in [7, 11) is -0.409. The van der Waals surface area contributed by atoms with Crippen LogP contribution in [0.2, 0.25) is 0 Å². The molecule has 0 radical (unpaired) electrons. The van der Waals surface area contributed by atoms with Crippen LogP contribution in [0.3, 0.4) is 0 Å². The van der Waals surface area contributed by atoms with Gasteiger partial charge in [0.1, 0.15) is 0 Å². The smallest absolute Gasteiger partial charge is 0.242 e. The second-order valence-corrected chi connectivity index (χ2v) is 8.21. The monoisotopic (exact) mass is 297 g/mol. The highest BCUT2D eigenvalue weighted by Crippen LogP contribution is 2.40. The quantitative estimate of drug-likeness (QED) is 0.816. The Balaban J connectivity index is 2.14. The summed E-state index contributed by atoms with van der Waals surface area (Å²) < 4.78 is 25.2. The Bertz CT molecular complexity index is 592. The molecule has 0 spiro atoms. The first-order chi connectivity index (χ1) is 9.24. The zero-order valence-electron chi connectivity index (χ0n) is 12.3. The van der Waals surface area contributed by atoms with Crippen LogP contribution in [0, 0.1) is 5.41 Å². The topological polar surface area (TPSA) is 75.4 Å². The molecule has 3 N–H and O–H groups in total. The standard InChI is InChI=1S/C14H23N3O2S/c1-14(7-4-8-14)10-16-13-6-5-11(9-12(13)15)20(18,19)17(2)3/h5-6,9,16H,4,7-8,10,15H2,1-3H3. The number of anilines is 2. The fraction of sp³-hybridized carbons (Fsp3) is 0.571. The van der Waals surface area contributed by atoms with E-state index in [1.807, 2.05) is 0 Å². The fourth-order valence-electron chi connectivity index (χ4n) is 2.34. The molecule has 0 amide bonds. The number of rotatable bonds is 5. The molecule has 1 aliphatic carbocycles. The number of hydrogen-bond donors (Lipinski definition) is 2. The summed E-state index contributed by atoms with van der Waals surface area (Å²) in [5.74, 6) is 0. The molecular formula is C14H23N3O2S. The van der Waals surface area contributed by atoms with E-state index in [-0.39, 0.29) is 4.90 Å². The molecule has 20 heavy (non-hydrogen) atoms. The van der Waals surface area contributed by atoms with Crippen molar-refractivity contribution in [2.45, 2.75) is 31.1 Å². The van der Waals surface area contributed by atoms with Crippen molar-refractivity contribution in [3.05, 3.63) is 18.2 Å². The number of nitrogen functional groups attached to an aromatic ring is 1. The van der Waals surface area contributed by atoms with E-state index in [1.165, 1.54) is 43.7 Å². The molecule has 0 saturated heterocycles. The normalized spacial score (nSPS) is 17.8. The van der Waals surface area contributed by atoms with Crippen molar-refractivity contribution in [2.75, 3.05) is 31.7 Å². The minimum absolute atomic E-state index is 0.223. The third-order valence-corrected chi connectivity index (χ3v) is 5.88. The van der Waals surface area contributed by atoms with Crippen LogP contribution < -0.4 is 11.1 Å². The van der Waals surface area contributed by atoms with E-state index in [2.05, 4.69) is 12.2 Å². The summed E-state index contributed by atoms with van der Waals surface area (Å²) in [4.78, 5) is 0.223. The molecule has 6 heteroatoms. The van der Waals surface area contributed by atoms with Gasteiger partial charge >= 0.3 is 0 Å². The van der Waals surface area contributed by atoms with Crippen molar-refractivity contribution in [3.8, 4) is 0 Å². The molecule has 1 aromatic rings. The molecule has 0 aliphatic heterocycles. The molecule has 0 atom stereocenters. The predicted octanol–water partition coefficient (Wildman–Crippen LogP) is 2.12. The van der Waals surface area contributed by atoms with Crippen LogP contribution >= 0.6 is 0 Å². The van der Waals surface area contributed by atoms with Crippen molar-refractivity contribution in [2.24, 2.45) is 5.41 Å². The number of nitrogens with two attached hydrogens (primary N) is 1. The first kappa shape index (κ1) is 15.1. The Morgan fingerprint density at radius 2 is 2.00 bits per heavy atom. The Hall–Kier alpha value is -1.27. The summed E-state index contributed by atoms with van der Waals surface area (Å²) in [6.07, 6.45) is 3.74. The summed E-state index contributed by atoms with van der Waals surface area (Å²) in [6.45, 7) is 3.13. The van der Waals surface area contributed by atoms with Crippen molar-refractivity contribution >= 4 is 21.4 Å². The molecule has 0 unspecified atom stereocenters. The van der Waals surface area contributed by atoms with Gasteiger partial charge in [0.15, 0.2) is 0 Å². The summed E-state index contributed by atoms with van der Waals surface area (Å²) in [5, 5.41) is 3.33. The van der Waals surface area contributed by atoms with Gasteiger partial charge in [0, 0.05) is 20.6 Å². The number of hydrogen-bond acceptors (Lipinski definition) is 4. The maximum absolute atomic E-state index is 12.0. The van der Waals surface area contributed by atoms with Crippen molar-refractivity contribution < 1.29 is 8.42 Å². The van der Waals surface area contributed by atoms with Crippen LogP contribution in [0.25, 0.3) is 0 Å². The largest absolute Gasteiger partial charge is 0.397 e. The third-order valence-electron chi connectivity index (χ3n) is 4.07. The van der Waals surface area contributed by atoms with Gasteiger partial charge in [-0.2, -0.15) is 0 Å². The third kappa shape index (κ3) is 2.91. The zero-order valence-corrected chi connectivity index (χ0v) is 13.1. The second kappa shape index (κ2) is 5.26. The van der Waals surface area contributed by atoms with Crippen molar-refractivity contribution in [3.63, 3.8) is 0 Å². The molecule has 0 heterocycles. The molecule has 5 nitrogen and oxygen atoms in total. The molecule has 0 aromatic heterocycles. The Kier molecular flexibility index (Phi) is 3.97. The van der Waals surface area contributed by atoms with Crippen LogP contribution in [0.15, 0.2) is 23.1 Å². The number of benzene rings is 1. The molecule has 112 valence electrons. The average molecular weight is 297 g/mol. The molecule has 2 rings (SSSR count). The highest BCUT2D eigenvalue weighted by Gasteiger charge is 2.31. The maximum Gasteiger partial charge on any atom is 0.242 e. The van der Waals surface area contributed by atoms with E-state index >= 15 is 0 Å². The molecule has 1 aromatic carbocycles. The highest BCUT2D eigenvalue weighted by atomic mass is 32.2. The van der Waals surface area contributed by atoms with Gasteiger partial charge in [0.25, 0.3) is 0 Å². The second-order valence-electron chi connectivity index (χ2n) is 6.05. The minimum atomic E-state index is -3.43. The zero-order chi connectivity index (χ0) is 15.0. The molecule has 1 fully saturated rings. The molecule has 1 aliphatic rings. The maximum atomic E-state index is 12.0. The average Bonchev–Trinajstić information content (AvgIpc) is 2.34. The van der Waals surface area contributed by atoms with Crippen LogP contribution in [0.1, 0.15) is 26.2 Å². The fourth-order valence-corrected chi connectivity index (χ4v) is 3.28. The van der Waals surface area contributed by atoms with E-state index in [4.69, 9.17) is 5.73 Å². The summed E-state index contributed by atoms with van der Waals surface area (Å²) in [5.41, 5.74) is 7.58. The van der Waals surface area contributed by atoms with Crippen LogP contribution in [-0.4, -0.2) is 33.4 Å². The van der Waals surface area contributed by atoms with Gasteiger partial charge in [-0.25, -0.2) is 12.7 Å². The SMILES string of the molecule is CN(C)S(=O)(=O)c1ccc(NCC2(C)CCC2)c(N)c1. The molecular weight excluding hydrogens is 274 g/mol. The number of nitrogens with one attached hydrogen (secondary N) is 1. The van der Waals surface area contributed by atoms with Gasteiger partial charge in [-0.1, -0.05) is 13.3 Å². The lowest BCUT2D eigenvalue weighted by molar-refractivity contribution is 0.180. The predicted molar refractivity (Wildman–Crippen MR) is 82.2 cm³/mol. The van der Waals surface area contributed by atoms with Gasteiger partial charge in [-0.05, 0) is 36.5 Å². The first-order valence-corrected chi connectivity index (χ1v) is 8.25. The Morgan fingerprint density at radius 1 is 1.35 bits per heavy atom. The Morgan fingerprint density at radius 3 is 2.45 bits per heavy atom. The lowest BCUT2D eigenvalue weighted by atomic mass is 9.70. The van der Waals surface area contributed by atoms with Gasteiger partial charge in [-0.15, -0.1) is 0 Å². The van der Waals surface area contributed by atoms with Gasteiger partial charge in [-0.3, -0.25) is 0 Å². The molecule has 0 bridgehead atoms. The lowest BCUT2D eigenvalue weighted by Crippen LogP contribution is -2.33. The first-order valence-electron chi connectivity index (χ1n) is 6.81. The van der Waals surface area contributed by atoms with E-state index < -0.39 is 10.0 Å². The van der Waals surface area contributed by atoms with E-state index in [0.29, 0.717) is 11.1 Å². The van der Waals surface area contributed by atoms with Gasteiger partial charge in [0.05, 0.1) is 16.3 Å². The lowest BCUT2D eigenvalue weighted by Gasteiger charge is -2.38. The van der Waals surface area contributed by atoms with E-state index in [1.54, 1.807) is 12.1 Å². The van der Waals surface area contributed by atoms with Crippen molar-refractivity contribution in [1.29, 1.82) is 0 Å².